The lowest BCUT2D eigenvalue weighted by molar-refractivity contribution is -0.00661. The molecule has 2 rings (SSSR count). The Kier molecular flexibility index (Phi) is 2.33. The fourth-order valence-electron chi connectivity index (χ4n) is 1.20. The van der Waals surface area contributed by atoms with E-state index in [9.17, 15) is 0 Å². The Labute approximate surface area is 77.3 Å². The zero-order valence-corrected chi connectivity index (χ0v) is 7.96. The lowest BCUT2D eigenvalue weighted by Gasteiger charge is -2.26. The number of aromatic nitrogens is 1. The maximum atomic E-state index is 5.42. The number of hydrogen-bond acceptors (Lipinski definition) is 4. The van der Waals surface area contributed by atoms with Gasteiger partial charge in [-0.1, -0.05) is 0 Å². The number of nitrogens with zero attached hydrogens (tertiary/aromatic N) is 1. The number of aryl methyl sites for hydroxylation is 2. The highest BCUT2D eigenvalue weighted by Crippen LogP contribution is 2.08. The van der Waals surface area contributed by atoms with Crippen LogP contribution in [0.15, 0.2) is 4.42 Å². The van der Waals surface area contributed by atoms with E-state index in [0.717, 1.165) is 30.6 Å². The number of oxazole rings is 1. The van der Waals surface area contributed by atoms with Gasteiger partial charge in [-0.3, -0.25) is 0 Å². The van der Waals surface area contributed by atoms with E-state index in [-0.39, 0.29) is 0 Å². The monoisotopic (exact) mass is 182 g/mol. The van der Waals surface area contributed by atoms with E-state index in [4.69, 9.17) is 9.15 Å². The van der Waals surface area contributed by atoms with Crippen LogP contribution in [-0.4, -0.2) is 24.2 Å². The smallest absolute Gasteiger partial charge is 0.208 e. The van der Waals surface area contributed by atoms with Crippen molar-refractivity contribution in [3.63, 3.8) is 0 Å². The SMILES string of the molecule is Cc1nc(CNC2COC2)oc1C. The van der Waals surface area contributed by atoms with Crippen LogP contribution in [0.25, 0.3) is 0 Å². The minimum atomic E-state index is 0.479. The van der Waals surface area contributed by atoms with Crippen LogP contribution in [0.3, 0.4) is 0 Å². The van der Waals surface area contributed by atoms with E-state index in [1.54, 1.807) is 0 Å². The van der Waals surface area contributed by atoms with Crippen LogP contribution >= 0.6 is 0 Å². The number of hydrogen-bond donors (Lipinski definition) is 1. The number of rotatable bonds is 3. The molecule has 1 aliphatic heterocycles. The van der Waals surface area contributed by atoms with Gasteiger partial charge in [-0.15, -0.1) is 0 Å². The summed E-state index contributed by atoms with van der Waals surface area (Å²) < 4.78 is 10.5. The van der Waals surface area contributed by atoms with Crippen molar-refractivity contribution in [3.05, 3.63) is 17.3 Å². The number of ether oxygens (including phenoxy) is 1. The second kappa shape index (κ2) is 3.47. The van der Waals surface area contributed by atoms with Crippen LogP contribution in [0.5, 0.6) is 0 Å². The predicted octanol–water partition coefficient (Wildman–Crippen LogP) is 0.780. The summed E-state index contributed by atoms with van der Waals surface area (Å²) in [6.45, 7) is 6.19. The molecule has 0 bridgehead atoms. The average Bonchev–Trinajstić information content (AvgIpc) is 2.28. The van der Waals surface area contributed by atoms with Crippen LogP contribution in [0.2, 0.25) is 0 Å². The molecular weight excluding hydrogens is 168 g/mol. The summed E-state index contributed by atoms with van der Waals surface area (Å²) in [5.41, 5.74) is 0.974. The van der Waals surface area contributed by atoms with Gasteiger partial charge in [0.1, 0.15) is 5.76 Å². The second-order valence-electron chi connectivity index (χ2n) is 3.36. The molecule has 1 aliphatic rings. The van der Waals surface area contributed by atoms with E-state index in [1.165, 1.54) is 0 Å². The van der Waals surface area contributed by atoms with Gasteiger partial charge in [-0.25, -0.2) is 4.98 Å². The van der Waals surface area contributed by atoms with Crippen molar-refractivity contribution in [3.8, 4) is 0 Å². The molecule has 2 heterocycles. The van der Waals surface area contributed by atoms with Gasteiger partial charge in [-0.2, -0.15) is 0 Å². The molecule has 1 fully saturated rings. The van der Waals surface area contributed by atoms with Crippen molar-refractivity contribution in [2.45, 2.75) is 26.4 Å². The molecule has 0 amide bonds. The summed E-state index contributed by atoms with van der Waals surface area (Å²) in [5.74, 6) is 1.67. The molecule has 0 unspecified atom stereocenters. The van der Waals surface area contributed by atoms with E-state index in [0.29, 0.717) is 12.6 Å². The van der Waals surface area contributed by atoms with Crippen LogP contribution in [0, 0.1) is 13.8 Å². The van der Waals surface area contributed by atoms with Crippen molar-refractivity contribution in [1.29, 1.82) is 0 Å². The standard InChI is InChI=1S/C9H14N2O2/c1-6-7(2)13-9(11-6)3-10-8-4-12-5-8/h8,10H,3-5H2,1-2H3. The highest BCUT2D eigenvalue weighted by atomic mass is 16.5. The Morgan fingerprint density at radius 2 is 2.23 bits per heavy atom. The lowest BCUT2D eigenvalue weighted by Crippen LogP contribution is -2.45. The molecule has 1 N–H and O–H groups in total. The van der Waals surface area contributed by atoms with E-state index >= 15 is 0 Å². The Morgan fingerprint density at radius 1 is 1.46 bits per heavy atom. The number of nitrogens with one attached hydrogen (secondary N) is 1. The van der Waals surface area contributed by atoms with E-state index in [2.05, 4.69) is 10.3 Å². The van der Waals surface area contributed by atoms with Gasteiger partial charge in [0.2, 0.25) is 5.89 Å². The molecule has 4 nitrogen and oxygen atoms in total. The normalized spacial score (nSPS) is 17.4. The summed E-state index contributed by atoms with van der Waals surface area (Å²) in [7, 11) is 0. The topological polar surface area (TPSA) is 47.3 Å². The molecule has 13 heavy (non-hydrogen) atoms. The molecular formula is C9H14N2O2. The summed E-state index contributed by atoms with van der Waals surface area (Å²) in [6.07, 6.45) is 0. The van der Waals surface area contributed by atoms with Crippen LogP contribution in [-0.2, 0) is 11.3 Å². The third kappa shape index (κ3) is 1.89. The fourth-order valence-corrected chi connectivity index (χ4v) is 1.20. The molecule has 72 valence electrons. The van der Waals surface area contributed by atoms with Crippen LogP contribution in [0.4, 0.5) is 0 Å². The fraction of sp³-hybridized carbons (Fsp3) is 0.667. The Balaban J connectivity index is 1.86. The summed E-state index contributed by atoms with van der Waals surface area (Å²) in [4.78, 5) is 4.27. The van der Waals surface area contributed by atoms with Crippen molar-refractivity contribution >= 4 is 0 Å². The van der Waals surface area contributed by atoms with E-state index in [1.807, 2.05) is 13.8 Å². The molecule has 0 radical (unpaired) electrons. The predicted molar refractivity (Wildman–Crippen MR) is 47.4 cm³/mol. The summed E-state index contributed by atoms with van der Waals surface area (Å²) >= 11 is 0. The molecule has 0 aliphatic carbocycles. The lowest BCUT2D eigenvalue weighted by atomic mass is 10.2. The van der Waals surface area contributed by atoms with Gasteiger partial charge in [0, 0.05) is 0 Å². The molecule has 0 atom stereocenters. The summed E-state index contributed by atoms with van der Waals surface area (Å²) in [5, 5.41) is 3.29. The van der Waals surface area contributed by atoms with Gasteiger partial charge < -0.3 is 14.5 Å². The summed E-state index contributed by atoms with van der Waals surface area (Å²) in [6, 6.07) is 0.479. The third-order valence-corrected chi connectivity index (χ3v) is 2.25. The molecule has 4 heteroatoms. The second-order valence-corrected chi connectivity index (χ2v) is 3.36. The largest absolute Gasteiger partial charge is 0.444 e. The first-order valence-corrected chi connectivity index (χ1v) is 4.50. The molecule has 0 spiro atoms. The van der Waals surface area contributed by atoms with E-state index < -0.39 is 0 Å². The van der Waals surface area contributed by atoms with Crippen molar-refractivity contribution in [2.75, 3.05) is 13.2 Å². The maximum absolute atomic E-state index is 5.42. The minimum absolute atomic E-state index is 0.479. The molecule has 0 saturated carbocycles. The van der Waals surface area contributed by atoms with Crippen molar-refractivity contribution in [1.82, 2.24) is 10.3 Å². The highest BCUT2D eigenvalue weighted by Gasteiger charge is 2.18. The van der Waals surface area contributed by atoms with Gasteiger partial charge >= 0.3 is 0 Å². The zero-order valence-electron chi connectivity index (χ0n) is 7.96. The first-order chi connectivity index (χ1) is 6.25. The maximum Gasteiger partial charge on any atom is 0.208 e. The Bertz CT molecular complexity index is 272. The van der Waals surface area contributed by atoms with Crippen molar-refractivity contribution in [2.24, 2.45) is 0 Å². The van der Waals surface area contributed by atoms with Crippen LogP contribution < -0.4 is 5.32 Å². The Morgan fingerprint density at radius 3 is 2.69 bits per heavy atom. The van der Waals surface area contributed by atoms with Gasteiger partial charge in [0.05, 0.1) is 31.5 Å². The molecule has 1 aromatic heterocycles. The Hall–Kier alpha value is -0.870. The van der Waals surface area contributed by atoms with Crippen LogP contribution in [0.1, 0.15) is 17.3 Å². The molecule has 0 aromatic carbocycles. The first-order valence-electron chi connectivity index (χ1n) is 4.50. The first kappa shape index (κ1) is 8.72. The van der Waals surface area contributed by atoms with Gasteiger partial charge in [-0.05, 0) is 13.8 Å². The zero-order chi connectivity index (χ0) is 9.26. The molecule has 1 saturated heterocycles. The highest BCUT2D eigenvalue weighted by molar-refractivity contribution is 5.05. The van der Waals surface area contributed by atoms with Gasteiger partial charge in [0.15, 0.2) is 0 Å². The molecule has 1 aromatic rings. The van der Waals surface area contributed by atoms with Gasteiger partial charge in [0.25, 0.3) is 0 Å². The quantitative estimate of drug-likeness (QED) is 0.750. The van der Waals surface area contributed by atoms with Crippen molar-refractivity contribution < 1.29 is 9.15 Å². The third-order valence-electron chi connectivity index (χ3n) is 2.25. The average molecular weight is 182 g/mol. The minimum Gasteiger partial charge on any atom is -0.444 e.